The molecule has 5 rings (SSSR count). The van der Waals surface area contributed by atoms with Crippen LogP contribution in [0, 0.1) is 13.8 Å². The summed E-state index contributed by atoms with van der Waals surface area (Å²) in [4.78, 5) is 0. The summed E-state index contributed by atoms with van der Waals surface area (Å²) in [6, 6.07) is 30.4. The zero-order chi connectivity index (χ0) is 47.2. The van der Waals surface area contributed by atoms with Crippen molar-refractivity contribution in [2.75, 3.05) is 0 Å². The van der Waals surface area contributed by atoms with Gasteiger partial charge in [-0.2, -0.15) is 12.8 Å². The van der Waals surface area contributed by atoms with Gasteiger partial charge in [0.2, 0.25) is 11.4 Å². The van der Waals surface area contributed by atoms with Crippen LogP contribution in [0.2, 0.25) is 0 Å². The van der Waals surface area contributed by atoms with Crippen LogP contribution in [0.1, 0.15) is 220 Å². The molecule has 0 atom stereocenters. The molecular formula is C63H92N2Pd. The zero-order valence-corrected chi connectivity index (χ0v) is 44.9. The van der Waals surface area contributed by atoms with Gasteiger partial charge in [0.05, 0.1) is 0 Å². The minimum absolute atomic E-state index is 0. The van der Waals surface area contributed by atoms with Crippen molar-refractivity contribution in [3.05, 3.63) is 171 Å². The van der Waals surface area contributed by atoms with Gasteiger partial charge in [-0.1, -0.05) is 198 Å². The summed E-state index contributed by atoms with van der Waals surface area (Å²) in [5.41, 5.74) is 31.8. The number of unbranched alkanes of at least 4 members (excludes halogenated alkanes) is 8. The number of nitrogens with zero attached hydrogens (tertiary/aromatic N) is 2. The summed E-state index contributed by atoms with van der Waals surface area (Å²) in [6.45, 7) is 26.0. The van der Waals surface area contributed by atoms with Crippen LogP contribution < -0.4 is 0 Å². The van der Waals surface area contributed by atoms with E-state index in [-0.39, 0.29) is 20.4 Å². The molecule has 0 amide bonds. The molecule has 0 bridgehead atoms. The third-order valence-corrected chi connectivity index (χ3v) is 13.1. The Balaban J connectivity index is 0.000000732. The Morgan fingerprint density at radius 1 is 0.394 bits per heavy atom. The van der Waals surface area contributed by atoms with Crippen LogP contribution in [0.25, 0.3) is 16.9 Å². The van der Waals surface area contributed by atoms with Crippen molar-refractivity contribution in [2.24, 2.45) is 0 Å². The summed E-state index contributed by atoms with van der Waals surface area (Å²) in [5, 5.41) is 0. The van der Waals surface area contributed by atoms with E-state index in [1.165, 1.54) is 146 Å². The van der Waals surface area contributed by atoms with Crippen LogP contribution in [0.15, 0.2) is 96.1 Å². The van der Waals surface area contributed by atoms with E-state index in [0.29, 0.717) is 0 Å². The van der Waals surface area contributed by atoms with Crippen molar-refractivity contribution in [1.29, 1.82) is 0 Å². The van der Waals surface area contributed by atoms with Crippen molar-refractivity contribution in [3.63, 3.8) is 0 Å². The molecule has 66 heavy (non-hydrogen) atoms. The molecule has 0 fully saturated rings. The van der Waals surface area contributed by atoms with Gasteiger partial charge >= 0.3 is 20.4 Å². The standard InChI is InChI=1S/C47H74N2.2C8H9.Pd/c1-9-17-21-22-23-24-31-45-42(16-8)46(40-34-38(28-18-10-2)44(30-20-12-4)39(35-40)29-19-11-3)49(48)47(45)41-32-36(25-13-5)43(27-15-7)37(33-41)26-14-6;2*1-2-8-6-4-3-5-7-8;/h32-35H,9-31H2,1-8H3;2*3-7H,1-2H2;/q;2*-1;+2. The van der Waals surface area contributed by atoms with Gasteiger partial charge < -0.3 is 19.4 Å². The maximum absolute atomic E-state index is 12.6. The predicted octanol–water partition coefficient (Wildman–Crippen LogP) is 19.0. The van der Waals surface area contributed by atoms with Crippen molar-refractivity contribution >= 4 is 11.4 Å². The van der Waals surface area contributed by atoms with Gasteiger partial charge in [-0.3, -0.25) is 0 Å². The van der Waals surface area contributed by atoms with E-state index in [9.17, 15) is 5.53 Å². The van der Waals surface area contributed by atoms with Crippen LogP contribution in [0.4, 0.5) is 0 Å². The minimum Gasteiger partial charge on any atom is -0.493 e. The van der Waals surface area contributed by atoms with Gasteiger partial charge in [-0.05, 0) is 135 Å². The second-order valence-electron chi connectivity index (χ2n) is 18.4. The number of hydrogen-bond acceptors (Lipinski definition) is 0. The first-order valence-corrected chi connectivity index (χ1v) is 26.7. The Bertz CT molecular complexity index is 1910. The first kappa shape index (κ1) is 58.7. The molecule has 0 aromatic heterocycles. The SMILES string of the molecule is CCCCCCCCC1=C(c2cc(CCC)c(CCC)c(CCC)c2)[N+](=[N-])C(c2cc(CCCC)c(CCCC)c(CCCC)c2)=C1CC.[CH2-]Cc1ccccc1.[CH2-]Cc1ccccc1.[Pd+2]. The molecule has 0 N–H and O–H groups in total. The Morgan fingerprint density at radius 3 is 1.17 bits per heavy atom. The average molecular weight is 984 g/mol. The Kier molecular flexibility index (Phi) is 31.0. The van der Waals surface area contributed by atoms with Gasteiger partial charge in [-0.25, -0.2) is 4.70 Å². The molecular weight excluding hydrogens is 891 g/mol. The van der Waals surface area contributed by atoms with Crippen molar-refractivity contribution in [1.82, 2.24) is 0 Å². The topological polar surface area (TPSA) is 25.3 Å². The number of benzene rings is 4. The average Bonchev–Trinajstić information content (AvgIpc) is 3.62. The summed E-state index contributed by atoms with van der Waals surface area (Å²) in [5.74, 6) is 0. The molecule has 0 unspecified atom stereocenters. The molecule has 1 heterocycles. The van der Waals surface area contributed by atoms with Crippen LogP contribution in [0.5, 0.6) is 0 Å². The molecule has 0 spiro atoms. The largest absolute Gasteiger partial charge is 2.00 e. The molecule has 0 saturated heterocycles. The van der Waals surface area contributed by atoms with Crippen molar-refractivity contribution < 1.29 is 25.1 Å². The smallest absolute Gasteiger partial charge is 0.493 e. The number of rotatable bonds is 27. The molecule has 2 nitrogen and oxygen atoms in total. The van der Waals surface area contributed by atoms with Gasteiger partial charge in [0.1, 0.15) is 0 Å². The molecule has 0 radical (unpaired) electrons. The molecule has 3 heteroatoms. The van der Waals surface area contributed by atoms with Crippen LogP contribution in [0.3, 0.4) is 0 Å². The molecule has 4 aromatic rings. The molecule has 1 aliphatic rings. The minimum atomic E-state index is 0. The normalized spacial score (nSPS) is 12.2. The van der Waals surface area contributed by atoms with E-state index >= 15 is 0 Å². The summed E-state index contributed by atoms with van der Waals surface area (Å²) < 4.78 is 1.67. The molecule has 364 valence electrons. The van der Waals surface area contributed by atoms with Gasteiger partial charge in [0.15, 0.2) is 0 Å². The van der Waals surface area contributed by atoms with Crippen LogP contribution in [-0.4, -0.2) is 4.70 Å². The van der Waals surface area contributed by atoms with Gasteiger partial charge in [-0.15, -0.1) is 0 Å². The van der Waals surface area contributed by atoms with E-state index in [1.54, 1.807) is 15.8 Å². The van der Waals surface area contributed by atoms with Crippen LogP contribution in [-0.2, 0) is 71.8 Å². The summed E-state index contributed by atoms with van der Waals surface area (Å²) in [7, 11) is 0. The second kappa shape index (κ2) is 34.8. The zero-order valence-electron chi connectivity index (χ0n) is 43.4. The molecule has 0 saturated carbocycles. The molecule has 0 aliphatic carbocycles. The quantitative estimate of drug-likeness (QED) is 0.0246. The van der Waals surface area contributed by atoms with E-state index in [0.717, 1.165) is 82.0 Å². The molecule has 4 aromatic carbocycles. The number of aryl methyl sites for hydroxylation is 4. The van der Waals surface area contributed by atoms with Crippen molar-refractivity contribution in [2.45, 2.75) is 216 Å². The Labute approximate surface area is 421 Å². The number of hydrogen-bond donors (Lipinski definition) is 0. The fourth-order valence-corrected chi connectivity index (χ4v) is 9.55. The van der Waals surface area contributed by atoms with Crippen molar-refractivity contribution in [3.8, 4) is 0 Å². The van der Waals surface area contributed by atoms with E-state index in [2.05, 4.69) is 118 Å². The Hall–Kier alpha value is -3.38. The fraction of sp³-hybridized carbons (Fsp3) is 0.524. The van der Waals surface area contributed by atoms with Gasteiger partial charge in [0, 0.05) is 22.3 Å². The summed E-state index contributed by atoms with van der Waals surface area (Å²) >= 11 is 0. The second-order valence-corrected chi connectivity index (χ2v) is 18.4. The fourth-order valence-electron chi connectivity index (χ4n) is 9.55. The number of allylic oxidation sites excluding steroid dienone is 2. The monoisotopic (exact) mass is 983 g/mol. The first-order valence-electron chi connectivity index (χ1n) is 26.7. The van der Waals surface area contributed by atoms with Gasteiger partial charge in [0.25, 0.3) is 0 Å². The van der Waals surface area contributed by atoms with E-state index in [1.807, 2.05) is 36.4 Å². The predicted molar refractivity (Wildman–Crippen MR) is 287 cm³/mol. The summed E-state index contributed by atoms with van der Waals surface area (Å²) in [6.07, 6.45) is 29.0. The third kappa shape index (κ3) is 18.6. The van der Waals surface area contributed by atoms with E-state index < -0.39 is 0 Å². The maximum Gasteiger partial charge on any atom is 2.00 e. The first-order chi connectivity index (χ1) is 31.8. The molecule has 1 aliphatic heterocycles. The maximum atomic E-state index is 12.6. The van der Waals surface area contributed by atoms with Crippen LogP contribution >= 0.6 is 0 Å². The Morgan fingerprint density at radius 2 is 0.773 bits per heavy atom. The third-order valence-electron chi connectivity index (χ3n) is 13.1. The van der Waals surface area contributed by atoms with E-state index in [4.69, 9.17) is 0 Å².